The van der Waals surface area contributed by atoms with Crippen molar-refractivity contribution < 1.29 is 8.42 Å². The average Bonchev–Trinajstić information content (AvgIpc) is 2.56. The quantitative estimate of drug-likeness (QED) is 0.934. The highest BCUT2D eigenvalue weighted by Crippen LogP contribution is 2.22. The Hall–Kier alpha value is -2.08. The fourth-order valence-electron chi connectivity index (χ4n) is 2.84. The van der Waals surface area contributed by atoms with Crippen molar-refractivity contribution in [1.29, 1.82) is 0 Å². The van der Waals surface area contributed by atoms with Crippen LogP contribution in [0.15, 0.2) is 47.5 Å². The van der Waals surface area contributed by atoms with Gasteiger partial charge in [0.15, 0.2) is 0 Å². The molecule has 1 aromatic carbocycles. The molecule has 0 bridgehead atoms. The van der Waals surface area contributed by atoms with Crippen molar-refractivity contribution in [2.75, 3.05) is 22.7 Å². The van der Waals surface area contributed by atoms with Gasteiger partial charge in [-0.1, -0.05) is 18.2 Å². The molecule has 1 saturated heterocycles. The highest BCUT2D eigenvalue weighted by Gasteiger charge is 2.17. The third-order valence-corrected chi connectivity index (χ3v) is 5.61. The van der Waals surface area contributed by atoms with Crippen LogP contribution in [0, 0.1) is 6.92 Å². The van der Waals surface area contributed by atoms with Crippen LogP contribution >= 0.6 is 0 Å². The van der Waals surface area contributed by atoms with E-state index in [1.54, 1.807) is 37.4 Å². The van der Waals surface area contributed by atoms with Gasteiger partial charge >= 0.3 is 0 Å². The molecule has 1 aromatic heterocycles. The number of anilines is 2. The lowest BCUT2D eigenvalue weighted by Crippen LogP contribution is -2.29. The van der Waals surface area contributed by atoms with Gasteiger partial charge in [-0.3, -0.25) is 4.72 Å². The van der Waals surface area contributed by atoms with Crippen LogP contribution in [0.3, 0.4) is 0 Å². The molecule has 2 heterocycles. The predicted molar refractivity (Wildman–Crippen MR) is 92.3 cm³/mol. The first kappa shape index (κ1) is 15.8. The molecule has 1 aliphatic rings. The highest BCUT2D eigenvalue weighted by atomic mass is 32.2. The Morgan fingerprint density at radius 3 is 2.43 bits per heavy atom. The van der Waals surface area contributed by atoms with Gasteiger partial charge in [0, 0.05) is 13.1 Å². The second kappa shape index (κ2) is 6.58. The largest absolute Gasteiger partial charge is 0.370 e. The van der Waals surface area contributed by atoms with Crippen molar-refractivity contribution in [3.63, 3.8) is 0 Å². The summed E-state index contributed by atoms with van der Waals surface area (Å²) in [5, 5.41) is 0. The second-order valence-electron chi connectivity index (χ2n) is 5.82. The molecule has 0 amide bonds. The Kier molecular flexibility index (Phi) is 4.52. The van der Waals surface area contributed by atoms with E-state index in [1.165, 1.54) is 19.3 Å². The smallest absolute Gasteiger partial charge is 0.263 e. The molecular formula is C17H21N3O2S. The molecule has 0 radical (unpaired) electrons. The van der Waals surface area contributed by atoms with Crippen LogP contribution in [0.2, 0.25) is 0 Å². The first-order valence-corrected chi connectivity index (χ1v) is 9.34. The number of pyridine rings is 1. The first-order valence-electron chi connectivity index (χ1n) is 7.86. The van der Waals surface area contributed by atoms with Gasteiger partial charge in [-0.15, -0.1) is 0 Å². The van der Waals surface area contributed by atoms with E-state index in [2.05, 4.69) is 14.6 Å². The van der Waals surface area contributed by atoms with Gasteiger partial charge < -0.3 is 4.90 Å². The van der Waals surface area contributed by atoms with E-state index < -0.39 is 10.0 Å². The number of nitrogens with one attached hydrogen (secondary N) is 1. The van der Waals surface area contributed by atoms with Crippen LogP contribution in [-0.4, -0.2) is 26.5 Å². The Morgan fingerprint density at radius 2 is 1.78 bits per heavy atom. The Labute approximate surface area is 137 Å². The zero-order chi connectivity index (χ0) is 16.3. The number of nitrogens with zero attached hydrogens (tertiary/aromatic N) is 2. The van der Waals surface area contributed by atoms with E-state index in [1.807, 2.05) is 12.1 Å². The number of sulfonamides is 1. The summed E-state index contributed by atoms with van der Waals surface area (Å²) in [7, 11) is -3.61. The van der Waals surface area contributed by atoms with Crippen molar-refractivity contribution >= 4 is 21.5 Å². The standard InChI is InChI=1S/C17H21N3O2S/c1-14-7-3-4-8-16(14)23(21,22)19-17-10-9-15(13-18-17)20-11-5-2-6-12-20/h3-4,7-10,13H,2,5-6,11-12H2,1H3,(H,18,19). The average molecular weight is 331 g/mol. The predicted octanol–water partition coefficient (Wildman–Crippen LogP) is 3.18. The number of hydrogen-bond acceptors (Lipinski definition) is 4. The summed E-state index contributed by atoms with van der Waals surface area (Å²) in [6.07, 6.45) is 5.41. The lowest BCUT2D eigenvalue weighted by molar-refractivity contribution is 0.577. The topological polar surface area (TPSA) is 62.3 Å². The zero-order valence-corrected chi connectivity index (χ0v) is 14.0. The molecule has 0 saturated carbocycles. The summed E-state index contributed by atoms with van der Waals surface area (Å²) in [5.74, 6) is 0.342. The van der Waals surface area contributed by atoms with Crippen molar-refractivity contribution in [2.45, 2.75) is 31.1 Å². The number of piperidine rings is 1. The minimum atomic E-state index is -3.61. The molecule has 0 aliphatic carbocycles. The van der Waals surface area contributed by atoms with Crippen LogP contribution < -0.4 is 9.62 Å². The maximum Gasteiger partial charge on any atom is 0.263 e. The van der Waals surface area contributed by atoms with Crippen molar-refractivity contribution in [3.05, 3.63) is 48.2 Å². The second-order valence-corrected chi connectivity index (χ2v) is 7.47. The molecule has 1 aliphatic heterocycles. The van der Waals surface area contributed by atoms with Gasteiger partial charge in [0.25, 0.3) is 10.0 Å². The van der Waals surface area contributed by atoms with Crippen LogP contribution in [0.1, 0.15) is 24.8 Å². The molecule has 6 heteroatoms. The molecule has 1 N–H and O–H groups in total. The maximum atomic E-state index is 12.4. The summed E-state index contributed by atoms with van der Waals surface area (Å²) >= 11 is 0. The summed E-state index contributed by atoms with van der Waals surface area (Å²) in [6.45, 7) is 3.85. The van der Waals surface area contributed by atoms with E-state index in [9.17, 15) is 8.42 Å². The summed E-state index contributed by atoms with van der Waals surface area (Å²) in [4.78, 5) is 6.83. The van der Waals surface area contributed by atoms with Gasteiger partial charge in [0.1, 0.15) is 5.82 Å². The van der Waals surface area contributed by atoms with E-state index >= 15 is 0 Å². The first-order chi connectivity index (χ1) is 11.1. The van der Waals surface area contributed by atoms with E-state index in [4.69, 9.17) is 0 Å². The van der Waals surface area contributed by atoms with Gasteiger partial charge in [-0.05, 0) is 49.9 Å². The van der Waals surface area contributed by atoms with Crippen molar-refractivity contribution in [2.24, 2.45) is 0 Å². The molecule has 0 unspecified atom stereocenters. The van der Waals surface area contributed by atoms with Gasteiger partial charge in [-0.25, -0.2) is 13.4 Å². The van der Waals surface area contributed by atoms with Gasteiger partial charge in [-0.2, -0.15) is 0 Å². The van der Waals surface area contributed by atoms with Gasteiger partial charge in [0.2, 0.25) is 0 Å². The molecule has 2 aromatic rings. The van der Waals surface area contributed by atoms with Gasteiger partial charge in [0.05, 0.1) is 16.8 Å². The lowest BCUT2D eigenvalue weighted by Gasteiger charge is -2.28. The molecule has 3 rings (SSSR count). The third-order valence-electron chi connectivity index (χ3n) is 4.09. The fourth-order valence-corrected chi connectivity index (χ4v) is 4.09. The molecule has 0 atom stereocenters. The van der Waals surface area contributed by atoms with Crippen molar-refractivity contribution in [3.8, 4) is 0 Å². The number of aryl methyl sites for hydroxylation is 1. The van der Waals surface area contributed by atoms with E-state index in [0.29, 0.717) is 11.4 Å². The summed E-state index contributed by atoms with van der Waals surface area (Å²) < 4.78 is 27.4. The Balaban J connectivity index is 1.76. The zero-order valence-electron chi connectivity index (χ0n) is 13.2. The Bertz CT molecular complexity index is 767. The van der Waals surface area contributed by atoms with E-state index in [0.717, 1.165) is 18.8 Å². The molecule has 5 nitrogen and oxygen atoms in total. The number of hydrogen-bond donors (Lipinski definition) is 1. The van der Waals surface area contributed by atoms with E-state index in [-0.39, 0.29) is 4.90 Å². The monoisotopic (exact) mass is 331 g/mol. The highest BCUT2D eigenvalue weighted by molar-refractivity contribution is 7.92. The normalized spacial score (nSPS) is 15.4. The summed E-state index contributed by atoms with van der Waals surface area (Å²) in [5.41, 5.74) is 1.76. The third kappa shape index (κ3) is 3.64. The number of rotatable bonds is 4. The fraction of sp³-hybridized carbons (Fsp3) is 0.353. The summed E-state index contributed by atoms with van der Waals surface area (Å²) in [6, 6.07) is 10.6. The SMILES string of the molecule is Cc1ccccc1S(=O)(=O)Nc1ccc(N2CCCCC2)cn1. The maximum absolute atomic E-state index is 12.4. The minimum absolute atomic E-state index is 0.280. The number of benzene rings is 1. The molecule has 122 valence electrons. The van der Waals surface area contributed by atoms with Crippen LogP contribution in [-0.2, 0) is 10.0 Å². The molecular weight excluding hydrogens is 310 g/mol. The molecule has 23 heavy (non-hydrogen) atoms. The molecule has 1 fully saturated rings. The Morgan fingerprint density at radius 1 is 1.04 bits per heavy atom. The minimum Gasteiger partial charge on any atom is -0.370 e. The lowest BCUT2D eigenvalue weighted by atomic mass is 10.1. The number of aromatic nitrogens is 1. The van der Waals surface area contributed by atoms with Crippen LogP contribution in [0.4, 0.5) is 11.5 Å². The van der Waals surface area contributed by atoms with Crippen molar-refractivity contribution in [1.82, 2.24) is 4.98 Å². The molecule has 0 spiro atoms. The van der Waals surface area contributed by atoms with Crippen LogP contribution in [0.5, 0.6) is 0 Å². The van der Waals surface area contributed by atoms with Crippen LogP contribution in [0.25, 0.3) is 0 Å².